The van der Waals surface area contributed by atoms with Crippen molar-refractivity contribution in [3.63, 3.8) is 0 Å². The fourth-order valence-electron chi connectivity index (χ4n) is 1.79. The van der Waals surface area contributed by atoms with Gasteiger partial charge in [-0.2, -0.15) is 0 Å². The Morgan fingerprint density at radius 2 is 1.60 bits per heavy atom. The quantitative estimate of drug-likeness (QED) is 0.646. The molecule has 5 heteroatoms. The Morgan fingerprint density at radius 3 is 2.20 bits per heavy atom. The lowest BCUT2D eigenvalue weighted by Crippen LogP contribution is -2.24. The maximum atomic E-state index is 11.8. The van der Waals surface area contributed by atoms with Crippen LogP contribution in [0.4, 0.5) is 5.95 Å². The van der Waals surface area contributed by atoms with Crippen molar-refractivity contribution in [1.29, 1.82) is 0 Å². The zero-order valence-electron chi connectivity index (χ0n) is 12.6. The Hall–Kier alpha value is -1.65. The minimum Gasteiger partial charge on any atom is -0.354 e. The first kappa shape index (κ1) is 16.4. The van der Waals surface area contributed by atoms with Crippen molar-refractivity contribution in [1.82, 2.24) is 15.3 Å². The van der Waals surface area contributed by atoms with Crippen LogP contribution in [0.1, 0.15) is 62.7 Å². The molecular formula is C15H26N4O. The highest BCUT2D eigenvalue weighted by Gasteiger charge is 2.06. The zero-order chi connectivity index (χ0) is 14.6. The Labute approximate surface area is 121 Å². The van der Waals surface area contributed by atoms with Gasteiger partial charge in [0.25, 0.3) is 5.91 Å². The fraction of sp³-hybridized carbons (Fsp3) is 0.667. The molecule has 0 fully saturated rings. The number of carbonyl (C=O) groups is 1. The molecule has 0 aliphatic heterocycles. The van der Waals surface area contributed by atoms with Crippen LogP contribution < -0.4 is 10.6 Å². The second kappa shape index (κ2) is 10.2. The second-order valence-electron chi connectivity index (χ2n) is 4.89. The lowest BCUT2D eigenvalue weighted by Gasteiger charge is -2.06. The first-order valence-electron chi connectivity index (χ1n) is 7.62. The molecule has 0 saturated heterocycles. The van der Waals surface area contributed by atoms with Gasteiger partial charge in [0, 0.05) is 25.5 Å². The van der Waals surface area contributed by atoms with Gasteiger partial charge in [0.15, 0.2) is 0 Å². The van der Waals surface area contributed by atoms with Crippen LogP contribution in [0.15, 0.2) is 12.4 Å². The maximum Gasteiger partial charge on any atom is 0.254 e. The number of hydrogen-bond acceptors (Lipinski definition) is 4. The highest BCUT2D eigenvalue weighted by molar-refractivity contribution is 5.93. The smallest absolute Gasteiger partial charge is 0.254 e. The third-order valence-electron chi connectivity index (χ3n) is 3.04. The van der Waals surface area contributed by atoms with Gasteiger partial charge in [0.2, 0.25) is 5.95 Å². The minimum atomic E-state index is -0.0985. The van der Waals surface area contributed by atoms with Crippen LogP contribution in [0.2, 0.25) is 0 Å². The molecule has 0 aromatic carbocycles. The lowest BCUT2D eigenvalue weighted by atomic mass is 10.2. The van der Waals surface area contributed by atoms with E-state index in [1.807, 2.05) is 0 Å². The summed E-state index contributed by atoms with van der Waals surface area (Å²) in [7, 11) is 0. The van der Waals surface area contributed by atoms with Crippen molar-refractivity contribution in [2.24, 2.45) is 0 Å². The summed E-state index contributed by atoms with van der Waals surface area (Å²) in [6, 6.07) is 0. The van der Waals surface area contributed by atoms with Gasteiger partial charge >= 0.3 is 0 Å². The molecule has 0 saturated carbocycles. The Morgan fingerprint density at radius 1 is 1.00 bits per heavy atom. The number of carbonyl (C=O) groups excluding carboxylic acids is 1. The fourth-order valence-corrected chi connectivity index (χ4v) is 1.79. The van der Waals surface area contributed by atoms with Crippen LogP contribution in [0.5, 0.6) is 0 Å². The summed E-state index contributed by atoms with van der Waals surface area (Å²) in [5, 5.41) is 6.03. The van der Waals surface area contributed by atoms with Crippen molar-refractivity contribution in [2.45, 2.75) is 52.4 Å². The zero-order valence-corrected chi connectivity index (χ0v) is 12.6. The van der Waals surface area contributed by atoms with Gasteiger partial charge in [-0.15, -0.1) is 0 Å². The van der Waals surface area contributed by atoms with E-state index in [2.05, 4.69) is 34.4 Å². The second-order valence-corrected chi connectivity index (χ2v) is 4.89. The Kier molecular flexibility index (Phi) is 8.35. The van der Waals surface area contributed by atoms with Crippen molar-refractivity contribution in [3.05, 3.63) is 18.0 Å². The summed E-state index contributed by atoms with van der Waals surface area (Å²) >= 11 is 0. The summed E-state index contributed by atoms with van der Waals surface area (Å²) in [6.45, 7) is 5.90. The molecule has 0 unspecified atom stereocenters. The van der Waals surface area contributed by atoms with Gasteiger partial charge in [0.05, 0.1) is 5.56 Å². The number of nitrogens with one attached hydrogen (secondary N) is 2. The van der Waals surface area contributed by atoms with E-state index in [-0.39, 0.29) is 5.91 Å². The molecule has 0 aliphatic carbocycles. The van der Waals surface area contributed by atoms with E-state index in [4.69, 9.17) is 0 Å². The van der Waals surface area contributed by atoms with Crippen molar-refractivity contribution in [2.75, 3.05) is 18.4 Å². The molecule has 1 heterocycles. The van der Waals surface area contributed by atoms with E-state index in [9.17, 15) is 4.79 Å². The first-order chi connectivity index (χ1) is 9.77. The Balaban J connectivity index is 2.31. The third kappa shape index (κ3) is 6.50. The molecule has 0 bridgehead atoms. The van der Waals surface area contributed by atoms with Crippen molar-refractivity contribution < 1.29 is 4.79 Å². The summed E-state index contributed by atoms with van der Waals surface area (Å²) < 4.78 is 0. The van der Waals surface area contributed by atoms with Crippen LogP contribution in [-0.4, -0.2) is 29.0 Å². The average Bonchev–Trinajstić information content (AvgIpc) is 2.48. The van der Waals surface area contributed by atoms with Crippen molar-refractivity contribution in [3.8, 4) is 0 Å². The molecule has 1 aromatic rings. The van der Waals surface area contributed by atoms with E-state index in [0.717, 1.165) is 32.2 Å². The van der Waals surface area contributed by atoms with Gasteiger partial charge in [-0.05, 0) is 12.8 Å². The van der Waals surface area contributed by atoms with E-state index < -0.39 is 0 Å². The van der Waals surface area contributed by atoms with Gasteiger partial charge < -0.3 is 10.6 Å². The number of aromatic nitrogens is 2. The highest BCUT2D eigenvalue weighted by atomic mass is 16.1. The molecule has 2 N–H and O–H groups in total. The molecule has 0 aliphatic rings. The van der Waals surface area contributed by atoms with Crippen LogP contribution in [-0.2, 0) is 0 Å². The van der Waals surface area contributed by atoms with E-state index in [1.54, 1.807) is 12.4 Å². The summed E-state index contributed by atoms with van der Waals surface area (Å²) in [5.74, 6) is 0.488. The molecule has 20 heavy (non-hydrogen) atoms. The molecule has 0 radical (unpaired) electrons. The van der Waals surface area contributed by atoms with Crippen LogP contribution in [0, 0.1) is 0 Å². The molecule has 0 spiro atoms. The number of unbranched alkanes of at least 4 members (excludes halogenated alkanes) is 4. The topological polar surface area (TPSA) is 66.9 Å². The summed E-state index contributed by atoms with van der Waals surface area (Å²) in [5.41, 5.74) is 0.514. The molecule has 5 nitrogen and oxygen atoms in total. The standard InChI is InChI=1S/C15H26N4O/c1-3-5-7-9-16-14(20)13-11-18-15(19-12-13)17-10-8-6-4-2/h11-12H,3-10H2,1-2H3,(H,16,20)(H,17,18,19). The average molecular weight is 278 g/mol. The monoisotopic (exact) mass is 278 g/mol. The van der Waals surface area contributed by atoms with Crippen molar-refractivity contribution >= 4 is 11.9 Å². The van der Waals surface area contributed by atoms with E-state index in [1.165, 1.54) is 12.8 Å². The number of hydrogen-bond donors (Lipinski definition) is 2. The predicted octanol–water partition coefficient (Wildman–Crippen LogP) is 3.00. The summed E-state index contributed by atoms with van der Waals surface area (Å²) in [4.78, 5) is 20.1. The SMILES string of the molecule is CCCCCNC(=O)c1cnc(NCCCCC)nc1. The molecule has 0 atom stereocenters. The number of anilines is 1. The predicted molar refractivity (Wildman–Crippen MR) is 81.9 cm³/mol. The van der Waals surface area contributed by atoms with E-state index in [0.29, 0.717) is 18.1 Å². The number of amides is 1. The third-order valence-corrected chi connectivity index (χ3v) is 3.04. The normalized spacial score (nSPS) is 10.3. The van der Waals surface area contributed by atoms with E-state index >= 15 is 0 Å². The lowest BCUT2D eigenvalue weighted by molar-refractivity contribution is 0.0952. The van der Waals surface area contributed by atoms with Crippen LogP contribution >= 0.6 is 0 Å². The number of nitrogens with zero attached hydrogens (tertiary/aromatic N) is 2. The van der Waals surface area contributed by atoms with Gasteiger partial charge in [0.1, 0.15) is 0 Å². The van der Waals surface area contributed by atoms with Gasteiger partial charge in [-0.1, -0.05) is 39.5 Å². The van der Waals surface area contributed by atoms with Crippen LogP contribution in [0.3, 0.4) is 0 Å². The van der Waals surface area contributed by atoms with Gasteiger partial charge in [-0.3, -0.25) is 4.79 Å². The van der Waals surface area contributed by atoms with Gasteiger partial charge in [-0.25, -0.2) is 9.97 Å². The molecule has 1 rings (SSSR count). The molecule has 1 aromatic heterocycles. The molecular weight excluding hydrogens is 252 g/mol. The van der Waals surface area contributed by atoms with Crippen LogP contribution in [0.25, 0.3) is 0 Å². The minimum absolute atomic E-state index is 0.0985. The summed E-state index contributed by atoms with van der Waals surface area (Å²) in [6.07, 6.45) is 9.95. The Bertz CT molecular complexity index is 378. The maximum absolute atomic E-state index is 11.8. The molecule has 1 amide bonds. The highest BCUT2D eigenvalue weighted by Crippen LogP contribution is 2.02. The first-order valence-corrected chi connectivity index (χ1v) is 7.62. The molecule has 112 valence electrons. The number of rotatable bonds is 10. The largest absolute Gasteiger partial charge is 0.354 e.